The fourth-order valence-electron chi connectivity index (χ4n) is 3.38. The molecule has 1 aliphatic heterocycles. The second-order valence-electron chi connectivity index (χ2n) is 6.50. The van der Waals surface area contributed by atoms with E-state index in [0.29, 0.717) is 31.2 Å². The Kier molecular flexibility index (Phi) is 4.38. The monoisotopic (exact) mass is 326 g/mol. The van der Waals surface area contributed by atoms with Crippen LogP contribution in [0.25, 0.3) is 0 Å². The van der Waals surface area contributed by atoms with E-state index in [0.717, 1.165) is 24.1 Å². The Hall–Kier alpha value is -2.63. The Morgan fingerprint density at radius 1 is 1.38 bits per heavy atom. The van der Waals surface area contributed by atoms with Crippen LogP contribution in [-0.2, 0) is 11.2 Å². The molecule has 1 aliphatic rings. The van der Waals surface area contributed by atoms with Gasteiger partial charge in [-0.1, -0.05) is 24.3 Å². The largest absolute Gasteiger partial charge is 0.481 e. The van der Waals surface area contributed by atoms with Crippen molar-refractivity contribution in [3.05, 3.63) is 47.7 Å². The van der Waals surface area contributed by atoms with Crippen LogP contribution in [0.3, 0.4) is 0 Å². The third-order valence-corrected chi connectivity index (χ3v) is 4.77. The van der Waals surface area contributed by atoms with Crippen LogP contribution in [0.5, 0.6) is 0 Å². The molecule has 1 fully saturated rings. The number of aryl methyl sites for hydroxylation is 1. The molecule has 2 heterocycles. The number of carbonyl (C=O) groups is 1. The minimum atomic E-state index is -0.835. The predicted molar refractivity (Wildman–Crippen MR) is 92.8 cm³/mol. The maximum atomic E-state index is 12.1. The first-order valence-electron chi connectivity index (χ1n) is 8.12. The van der Waals surface area contributed by atoms with Crippen LogP contribution in [-0.4, -0.2) is 34.1 Å². The standard InChI is InChI=1S/C18H22N4O2/c1-13-5-2-3-6-14(13)11-18(16(23)24)8-4-10-22(12-18)17-20-9-7-15(19)21-17/h2-3,5-7,9H,4,8,10-12H2,1H3,(H,23,24)(H2,19,20,21). The van der Waals surface area contributed by atoms with Gasteiger partial charge in [-0.25, -0.2) is 4.98 Å². The van der Waals surface area contributed by atoms with E-state index in [-0.39, 0.29) is 0 Å². The van der Waals surface area contributed by atoms with Gasteiger partial charge < -0.3 is 15.7 Å². The molecular weight excluding hydrogens is 304 g/mol. The van der Waals surface area contributed by atoms with Crippen molar-refractivity contribution >= 4 is 17.7 Å². The van der Waals surface area contributed by atoms with Gasteiger partial charge in [-0.15, -0.1) is 0 Å². The molecule has 126 valence electrons. The zero-order valence-electron chi connectivity index (χ0n) is 13.8. The Bertz CT molecular complexity index is 749. The smallest absolute Gasteiger partial charge is 0.311 e. The predicted octanol–water partition coefficient (Wildman–Crippen LogP) is 2.28. The fourth-order valence-corrected chi connectivity index (χ4v) is 3.38. The Morgan fingerprint density at radius 3 is 2.88 bits per heavy atom. The molecule has 1 atom stereocenters. The van der Waals surface area contributed by atoms with Crippen LogP contribution in [0.15, 0.2) is 36.5 Å². The molecular formula is C18H22N4O2. The topological polar surface area (TPSA) is 92.3 Å². The molecule has 3 rings (SSSR count). The van der Waals surface area contributed by atoms with Crippen molar-refractivity contribution in [2.75, 3.05) is 23.7 Å². The third-order valence-electron chi connectivity index (χ3n) is 4.77. The maximum absolute atomic E-state index is 12.1. The van der Waals surface area contributed by atoms with E-state index in [4.69, 9.17) is 5.73 Å². The lowest BCUT2D eigenvalue weighted by atomic mass is 9.74. The highest BCUT2D eigenvalue weighted by atomic mass is 16.4. The highest BCUT2D eigenvalue weighted by Crippen LogP contribution is 2.36. The number of nitrogens with zero attached hydrogens (tertiary/aromatic N) is 3. The van der Waals surface area contributed by atoms with E-state index >= 15 is 0 Å². The Morgan fingerprint density at radius 2 is 2.17 bits per heavy atom. The van der Waals surface area contributed by atoms with Crippen molar-refractivity contribution < 1.29 is 9.90 Å². The van der Waals surface area contributed by atoms with Gasteiger partial charge in [-0.3, -0.25) is 4.79 Å². The summed E-state index contributed by atoms with van der Waals surface area (Å²) >= 11 is 0. The number of nitrogens with two attached hydrogens (primary N) is 1. The average molecular weight is 326 g/mol. The number of carboxylic acid groups (broad SMARTS) is 1. The van der Waals surface area contributed by atoms with Gasteiger partial charge in [0.15, 0.2) is 0 Å². The summed E-state index contributed by atoms with van der Waals surface area (Å²) in [6.45, 7) is 3.15. The number of anilines is 2. The van der Waals surface area contributed by atoms with Gasteiger partial charge in [0.2, 0.25) is 5.95 Å². The lowest BCUT2D eigenvalue weighted by molar-refractivity contribution is -0.149. The summed E-state index contributed by atoms with van der Waals surface area (Å²) in [5.74, 6) is 0.134. The van der Waals surface area contributed by atoms with E-state index < -0.39 is 11.4 Å². The summed E-state index contributed by atoms with van der Waals surface area (Å²) in [6.07, 6.45) is 3.55. The molecule has 0 spiro atoms. The van der Waals surface area contributed by atoms with E-state index in [1.54, 1.807) is 12.3 Å². The summed E-state index contributed by atoms with van der Waals surface area (Å²) < 4.78 is 0. The van der Waals surface area contributed by atoms with Crippen molar-refractivity contribution in [3.8, 4) is 0 Å². The molecule has 1 saturated heterocycles. The summed E-state index contributed by atoms with van der Waals surface area (Å²) in [4.78, 5) is 22.6. The van der Waals surface area contributed by atoms with E-state index in [9.17, 15) is 9.90 Å². The van der Waals surface area contributed by atoms with Crippen molar-refractivity contribution in [2.24, 2.45) is 5.41 Å². The SMILES string of the molecule is Cc1ccccc1CC1(C(=O)O)CCCN(c2nccc(N)n2)C1. The molecule has 6 nitrogen and oxygen atoms in total. The summed E-state index contributed by atoms with van der Waals surface area (Å²) in [5, 5.41) is 9.97. The number of nitrogen functional groups attached to an aromatic ring is 1. The molecule has 6 heteroatoms. The molecule has 1 aromatic heterocycles. The number of piperidine rings is 1. The molecule has 1 unspecified atom stereocenters. The molecule has 0 saturated carbocycles. The van der Waals surface area contributed by atoms with Gasteiger partial charge in [0.05, 0.1) is 5.41 Å². The third kappa shape index (κ3) is 3.18. The highest BCUT2D eigenvalue weighted by Gasteiger charge is 2.43. The van der Waals surface area contributed by atoms with Gasteiger partial charge in [0, 0.05) is 19.3 Å². The van der Waals surface area contributed by atoms with E-state index in [1.807, 2.05) is 36.1 Å². The molecule has 3 N–H and O–H groups in total. The molecule has 0 aliphatic carbocycles. The number of hydrogen-bond donors (Lipinski definition) is 2. The fraction of sp³-hybridized carbons (Fsp3) is 0.389. The molecule has 1 aromatic carbocycles. The minimum Gasteiger partial charge on any atom is -0.481 e. The van der Waals surface area contributed by atoms with Crippen LogP contribution in [0.4, 0.5) is 11.8 Å². The van der Waals surface area contributed by atoms with E-state index in [2.05, 4.69) is 9.97 Å². The van der Waals surface area contributed by atoms with Gasteiger partial charge in [-0.05, 0) is 43.4 Å². The zero-order valence-corrected chi connectivity index (χ0v) is 13.8. The average Bonchev–Trinajstić information content (AvgIpc) is 2.57. The Balaban J connectivity index is 1.90. The molecule has 0 amide bonds. The number of aromatic nitrogens is 2. The van der Waals surface area contributed by atoms with Gasteiger partial charge in [0.25, 0.3) is 0 Å². The van der Waals surface area contributed by atoms with Gasteiger partial charge >= 0.3 is 5.97 Å². The summed E-state index contributed by atoms with van der Waals surface area (Å²) in [6, 6.07) is 9.59. The number of carboxylic acids is 1. The van der Waals surface area contributed by atoms with Crippen molar-refractivity contribution in [2.45, 2.75) is 26.2 Å². The van der Waals surface area contributed by atoms with Crippen molar-refractivity contribution in [1.29, 1.82) is 0 Å². The van der Waals surface area contributed by atoms with E-state index in [1.165, 1.54) is 0 Å². The quantitative estimate of drug-likeness (QED) is 0.895. The summed E-state index contributed by atoms with van der Waals surface area (Å²) in [5.41, 5.74) is 7.11. The first-order valence-corrected chi connectivity index (χ1v) is 8.12. The number of benzene rings is 1. The van der Waals surface area contributed by atoms with Crippen molar-refractivity contribution in [1.82, 2.24) is 9.97 Å². The number of aliphatic carboxylic acids is 1. The maximum Gasteiger partial charge on any atom is 0.311 e. The lowest BCUT2D eigenvalue weighted by Crippen LogP contribution is -2.49. The first kappa shape index (κ1) is 16.2. The normalized spacial score (nSPS) is 20.8. The van der Waals surface area contributed by atoms with Crippen LogP contribution < -0.4 is 10.6 Å². The minimum absolute atomic E-state index is 0.389. The number of hydrogen-bond acceptors (Lipinski definition) is 5. The molecule has 0 radical (unpaired) electrons. The molecule has 2 aromatic rings. The van der Waals surface area contributed by atoms with Gasteiger partial charge in [0.1, 0.15) is 5.82 Å². The highest BCUT2D eigenvalue weighted by molar-refractivity contribution is 5.76. The molecule has 24 heavy (non-hydrogen) atoms. The van der Waals surface area contributed by atoms with Crippen molar-refractivity contribution in [3.63, 3.8) is 0 Å². The first-order chi connectivity index (χ1) is 11.5. The van der Waals surface area contributed by atoms with Crippen LogP contribution in [0, 0.1) is 12.3 Å². The van der Waals surface area contributed by atoms with Gasteiger partial charge in [-0.2, -0.15) is 4.98 Å². The second kappa shape index (κ2) is 6.47. The molecule has 0 bridgehead atoms. The van der Waals surface area contributed by atoms with Crippen LogP contribution >= 0.6 is 0 Å². The number of rotatable bonds is 4. The lowest BCUT2D eigenvalue weighted by Gasteiger charge is -2.40. The Labute approximate surface area is 141 Å². The summed E-state index contributed by atoms with van der Waals surface area (Å²) in [7, 11) is 0. The van der Waals surface area contributed by atoms with Crippen LogP contribution in [0.2, 0.25) is 0 Å². The second-order valence-corrected chi connectivity index (χ2v) is 6.50. The zero-order chi connectivity index (χ0) is 17.2. The van der Waals surface area contributed by atoms with Crippen LogP contribution in [0.1, 0.15) is 24.0 Å².